The largest absolute Gasteiger partial charge is 0.495 e. The van der Waals surface area contributed by atoms with Crippen molar-refractivity contribution in [1.82, 2.24) is 0 Å². The van der Waals surface area contributed by atoms with Gasteiger partial charge in [-0.05, 0) is 28.1 Å². The number of halogens is 1. The van der Waals surface area contributed by atoms with Gasteiger partial charge in [-0.15, -0.1) is 0 Å². The highest BCUT2D eigenvalue weighted by Crippen LogP contribution is 2.27. The quantitative estimate of drug-likeness (QED) is 0.662. The van der Waals surface area contributed by atoms with Crippen LogP contribution in [-0.4, -0.2) is 26.1 Å². The highest BCUT2D eigenvalue weighted by atomic mass is 79.9. The first-order valence-corrected chi connectivity index (χ1v) is 5.10. The van der Waals surface area contributed by atoms with Gasteiger partial charge >= 0.3 is 11.9 Å². The minimum absolute atomic E-state index is 0.454. The molecule has 6 heteroatoms. The van der Waals surface area contributed by atoms with E-state index in [4.69, 9.17) is 4.74 Å². The van der Waals surface area contributed by atoms with Gasteiger partial charge in [0.15, 0.2) is 0 Å². The minimum Gasteiger partial charge on any atom is -0.495 e. The lowest BCUT2D eigenvalue weighted by Crippen LogP contribution is -2.23. The Labute approximate surface area is 101 Å². The maximum Gasteiger partial charge on any atom is 0.396 e. The van der Waals surface area contributed by atoms with Crippen molar-refractivity contribution in [2.24, 2.45) is 0 Å². The normalized spacial score (nSPS) is 9.44. The Morgan fingerprint density at radius 3 is 2.56 bits per heavy atom. The molecule has 0 unspecified atom stereocenters. The van der Waals surface area contributed by atoms with Gasteiger partial charge in [-0.2, -0.15) is 0 Å². The molecule has 0 heterocycles. The Morgan fingerprint density at radius 2 is 2.00 bits per heavy atom. The molecular weight excluding hydrogens is 278 g/mol. The van der Waals surface area contributed by atoms with Crippen LogP contribution in [0.15, 0.2) is 22.7 Å². The number of amides is 1. The van der Waals surface area contributed by atoms with Crippen LogP contribution in [0.3, 0.4) is 0 Å². The van der Waals surface area contributed by atoms with Gasteiger partial charge in [0.05, 0.1) is 18.7 Å². The third kappa shape index (κ3) is 2.96. The summed E-state index contributed by atoms with van der Waals surface area (Å²) in [6.45, 7) is 0. The second kappa shape index (κ2) is 5.50. The first kappa shape index (κ1) is 12.5. The molecule has 0 fully saturated rings. The van der Waals surface area contributed by atoms with Gasteiger partial charge in [-0.3, -0.25) is 4.79 Å². The fraction of sp³-hybridized carbons (Fsp3) is 0.200. The van der Waals surface area contributed by atoms with E-state index >= 15 is 0 Å². The molecule has 1 N–H and O–H groups in total. The Balaban J connectivity index is 2.82. The number of carbonyl (C=O) groups is 2. The summed E-state index contributed by atoms with van der Waals surface area (Å²) in [7, 11) is 2.65. The van der Waals surface area contributed by atoms with Crippen molar-refractivity contribution < 1.29 is 19.1 Å². The number of anilines is 1. The van der Waals surface area contributed by atoms with Crippen LogP contribution in [0.2, 0.25) is 0 Å². The standard InChI is InChI=1S/C10H10BrNO4/c1-15-8-5-6(3-4-7(8)11)12-9(13)10(14)16-2/h3-5H,1-2H3,(H,12,13). The van der Waals surface area contributed by atoms with Crippen LogP contribution in [0.25, 0.3) is 0 Å². The second-order valence-electron chi connectivity index (χ2n) is 2.80. The van der Waals surface area contributed by atoms with E-state index in [1.165, 1.54) is 7.11 Å². The molecule has 16 heavy (non-hydrogen) atoms. The number of methoxy groups -OCH3 is 2. The number of nitrogens with one attached hydrogen (secondary N) is 1. The van der Waals surface area contributed by atoms with Crippen molar-refractivity contribution in [2.75, 3.05) is 19.5 Å². The number of esters is 1. The minimum atomic E-state index is -0.943. The molecule has 1 aromatic rings. The van der Waals surface area contributed by atoms with Crippen molar-refractivity contribution in [3.05, 3.63) is 22.7 Å². The van der Waals surface area contributed by atoms with E-state index in [0.717, 1.165) is 11.6 Å². The Bertz CT molecular complexity index is 419. The zero-order valence-corrected chi connectivity index (χ0v) is 10.3. The van der Waals surface area contributed by atoms with Gasteiger partial charge in [0.25, 0.3) is 0 Å². The number of rotatable bonds is 2. The summed E-state index contributed by atoms with van der Waals surface area (Å²) in [5, 5.41) is 2.38. The van der Waals surface area contributed by atoms with Crippen molar-refractivity contribution in [2.45, 2.75) is 0 Å². The Hall–Kier alpha value is -1.56. The lowest BCUT2D eigenvalue weighted by atomic mass is 10.3. The molecule has 1 rings (SSSR count). The van der Waals surface area contributed by atoms with Crippen LogP contribution in [0, 0.1) is 0 Å². The van der Waals surface area contributed by atoms with Gasteiger partial charge < -0.3 is 14.8 Å². The summed E-state index contributed by atoms with van der Waals surface area (Å²) in [6, 6.07) is 4.92. The summed E-state index contributed by atoms with van der Waals surface area (Å²) in [5.74, 6) is -1.21. The van der Waals surface area contributed by atoms with Crippen LogP contribution in [0.5, 0.6) is 5.75 Å². The predicted molar refractivity (Wildman–Crippen MR) is 61.3 cm³/mol. The van der Waals surface area contributed by atoms with Gasteiger partial charge in [0.2, 0.25) is 0 Å². The molecule has 0 aromatic heterocycles. The van der Waals surface area contributed by atoms with E-state index in [1.54, 1.807) is 18.2 Å². The molecule has 0 saturated carbocycles. The van der Waals surface area contributed by atoms with Crippen LogP contribution < -0.4 is 10.1 Å². The van der Waals surface area contributed by atoms with E-state index in [-0.39, 0.29) is 0 Å². The molecule has 0 aliphatic rings. The van der Waals surface area contributed by atoms with Crippen LogP contribution in [0.4, 0.5) is 5.69 Å². The topological polar surface area (TPSA) is 64.6 Å². The number of benzene rings is 1. The number of carbonyl (C=O) groups excluding carboxylic acids is 2. The molecule has 86 valence electrons. The average molecular weight is 288 g/mol. The number of ether oxygens (including phenoxy) is 2. The second-order valence-corrected chi connectivity index (χ2v) is 3.65. The fourth-order valence-electron chi connectivity index (χ4n) is 1.01. The molecule has 1 amide bonds. The summed E-state index contributed by atoms with van der Waals surface area (Å²) < 4.78 is 10.1. The summed E-state index contributed by atoms with van der Waals surface area (Å²) in [4.78, 5) is 22.1. The van der Waals surface area contributed by atoms with Gasteiger partial charge in [0.1, 0.15) is 5.75 Å². The summed E-state index contributed by atoms with van der Waals surface area (Å²) in [5.41, 5.74) is 0.454. The molecule has 0 radical (unpaired) electrons. The predicted octanol–water partition coefficient (Wildman–Crippen LogP) is 1.57. The number of hydrogen-bond acceptors (Lipinski definition) is 4. The lowest BCUT2D eigenvalue weighted by molar-refractivity contribution is -0.150. The monoisotopic (exact) mass is 287 g/mol. The van der Waals surface area contributed by atoms with Crippen molar-refractivity contribution in [3.63, 3.8) is 0 Å². The van der Waals surface area contributed by atoms with E-state index < -0.39 is 11.9 Å². The highest BCUT2D eigenvalue weighted by Gasteiger charge is 2.14. The molecule has 0 bridgehead atoms. The molecule has 0 atom stereocenters. The molecule has 0 aliphatic heterocycles. The molecule has 1 aromatic carbocycles. The van der Waals surface area contributed by atoms with E-state index in [0.29, 0.717) is 11.4 Å². The SMILES string of the molecule is COC(=O)C(=O)Nc1ccc(Br)c(OC)c1. The first-order valence-electron chi connectivity index (χ1n) is 4.31. The van der Waals surface area contributed by atoms with Crippen molar-refractivity contribution >= 4 is 33.5 Å². The van der Waals surface area contributed by atoms with E-state index in [2.05, 4.69) is 26.0 Å². The van der Waals surface area contributed by atoms with E-state index in [9.17, 15) is 9.59 Å². The molecule has 0 spiro atoms. The zero-order chi connectivity index (χ0) is 12.1. The molecular formula is C10H10BrNO4. The van der Waals surface area contributed by atoms with Crippen LogP contribution in [-0.2, 0) is 14.3 Å². The third-order valence-electron chi connectivity index (χ3n) is 1.78. The fourth-order valence-corrected chi connectivity index (χ4v) is 1.42. The van der Waals surface area contributed by atoms with Crippen molar-refractivity contribution in [3.8, 4) is 5.75 Å². The summed E-state index contributed by atoms with van der Waals surface area (Å²) >= 11 is 3.27. The molecule has 0 saturated heterocycles. The van der Waals surface area contributed by atoms with Gasteiger partial charge in [0, 0.05) is 11.8 Å². The molecule has 0 aliphatic carbocycles. The number of hydrogen-bond donors (Lipinski definition) is 1. The van der Waals surface area contributed by atoms with Crippen molar-refractivity contribution in [1.29, 1.82) is 0 Å². The van der Waals surface area contributed by atoms with Crippen LogP contribution in [0.1, 0.15) is 0 Å². The zero-order valence-electron chi connectivity index (χ0n) is 8.74. The smallest absolute Gasteiger partial charge is 0.396 e. The third-order valence-corrected chi connectivity index (χ3v) is 2.43. The lowest BCUT2D eigenvalue weighted by Gasteiger charge is -2.07. The maximum atomic E-state index is 11.2. The van der Waals surface area contributed by atoms with E-state index in [1.807, 2.05) is 0 Å². The molecule has 5 nitrogen and oxygen atoms in total. The average Bonchev–Trinajstić information content (AvgIpc) is 2.30. The first-order chi connectivity index (χ1) is 7.58. The summed E-state index contributed by atoms with van der Waals surface area (Å²) in [6.07, 6.45) is 0. The Morgan fingerprint density at radius 1 is 1.31 bits per heavy atom. The van der Waals surface area contributed by atoms with Gasteiger partial charge in [-0.25, -0.2) is 4.79 Å². The highest BCUT2D eigenvalue weighted by molar-refractivity contribution is 9.10. The van der Waals surface area contributed by atoms with Crippen LogP contribution >= 0.6 is 15.9 Å². The maximum absolute atomic E-state index is 11.2. The van der Waals surface area contributed by atoms with Gasteiger partial charge in [-0.1, -0.05) is 0 Å². The Kier molecular flexibility index (Phi) is 4.30.